The summed E-state index contributed by atoms with van der Waals surface area (Å²) in [7, 11) is 1.63. The molecule has 2 N–H and O–H groups in total. The molecule has 2 aromatic rings. The Morgan fingerprint density at radius 2 is 1.91 bits per heavy atom. The lowest BCUT2D eigenvalue weighted by Crippen LogP contribution is -2.19. The maximum atomic E-state index is 11.3. The minimum Gasteiger partial charge on any atom is -0.374 e. The first-order chi connectivity index (χ1) is 10.5. The topological polar surface area (TPSA) is 80.0 Å². The van der Waals surface area contributed by atoms with E-state index in [4.69, 9.17) is 4.52 Å². The van der Waals surface area contributed by atoms with Crippen molar-refractivity contribution in [2.24, 2.45) is 0 Å². The van der Waals surface area contributed by atoms with Gasteiger partial charge in [0.15, 0.2) is 5.82 Å². The molecule has 6 heteroatoms. The minimum atomic E-state index is -0.0789. The quantitative estimate of drug-likeness (QED) is 0.857. The lowest BCUT2D eigenvalue weighted by atomic mass is 10.1. The first-order valence-corrected chi connectivity index (χ1v) is 7.39. The predicted molar refractivity (Wildman–Crippen MR) is 84.6 cm³/mol. The molecule has 2 rings (SSSR count). The fourth-order valence-corrected chi connectivity index (χ4v) is 1.96. The Balaban J connectivity index is 1.98. The Kier molecular flexibility index (Phi) is 5.14. The normalized spacial score (nSPS) is 12.2. The molecule has 1 aromatic heterocycles. The molecule has 0 saturated carbocycles. The van der Waals surface area contributed by atoms with Crippen LogP contribution in [0.4, 0.5) is 5.69 Å². The van der Waals surface area contributed by atoms with Gasteiger partial charge in [0.25, 0.3) is 0 Å². The summed E-state index contributed by atoms with van der Waals surface area (Å²) in [6, 6.07) is 7.66. The fraction of sp³-hybridized carbons (Fsp3) is 0.438. The van der Waals surface area contributed by atoms with Gasteiger partial charge in [-0.1, -0.05) is 31.1 Å². The average Bonchev–Trinajstić information content (AvgIpc) is 2.99. The van der Waals surface area contributed by atoms with Crippen molar-refractivity contribution in [3.8, 4) is 0 Å². The third kappa shape index (κ3) is 4.07. The van der Waals surface area contributed by atoms with Gasteiger partial charge < -0.3 is 15.2 Å². The number of carbonyl (C=O) groups is 1. The standard InChI is InChI=1S/C16H22N4O2/c1-10(2)15-19-16(22-20-15)11(3)18-13-7-5-12(6-8-13)9-14(21)17-4/h5-8,10-11,18H,9H2,1-4H3,(H,17,21)/t11-/m1/s1. The van der Waals surface area contributed by atoms with Crippen LogP contribution in [0.3, 0.4) is 0 Å². The summed E-state index contributed by atoms with van der Waals surface area (Å²) >= 11 is 0. The number of amides is 1. The van der Waals surface area contributed by atoms with E-state index in [1.165, 1.54) is 0 Å². The molecule has 1 amide bonds. The van der Waals surface area contributed by atoms with Crippen molar-refractivity contribution in [2.45, 2.75) is 39.2 Å². The molecule has 1 atom stereocenters. The van der Waals surface area contributed by atoms with Crippen LogP contribution in [0.5, 0.6) is 0 Å². The third-order valence-corrected chi connectivity index (χ3v) is 3.32. The number of likely N-dealkylation sites (N-methyl/N-ethyl adjacent to an activating group) is 1. The predicted octanol–water partition coefficient (Wildman–Crippen LogP) is 2.65. The van der Waals surface area contributed by atoms with Crippen molar-refractivity contribution >= 4 is 11.6 Å². The molecule has 0 aliphatic heterocycles. The van der Waals surface area contributed by atoms with Gasteiger partial charge in [-0.2, -0.15) is 4.98 Å². The maximum Gasteiger partial charge on any atom is 0.248 e. The highest BCUT2D eigenvalue weighted by molar-refractivity contribution is 5.78. The van der Waals surface area contributed by atoms with E-state index in [1.54, 1.807) is 7.05 Å². The van der Waals surface area contributed by atoms with E-state index in [1.807, 2.05) is 45.0 Å². The molecule has 0 aliphatic carbocycles. The molecule has 1 aromatic carbocycles. The number of rotatable bonds is 6. The molecule has 0 bridgehead atoms. The monoisotopic (exact) mass is 302 g/mol. The second-order valence-corrected chi connectivity index (χ2v) is 5.56. The van der Waals surface area contributed by atoms with Crippen LogP contribution in [0, 0.1) is 0 Å². The van der Waals surface area contributed by atoms with E-state index >= 15 is 0 Å². The lowest BCUT2D eigenvalue weighted by Gasteiger charge is -2.11. The van der Waals surface area contributed by atoms with Crippen molar-refractivity contribution in [3.05, 3.63) is 41.5 Å². The largest absolute Gasteiger partial charge is 0.374 e. The molecular formula is C16H22N4O2. The number of carbonyl (C=O) groups excluding carboxylic acids is 1. The summed E-state index contributed by atoms with van der Waals surface area (Å²) < 4.78 is 5.27. The van der Waals surface area contributed by atoms with Crippen molar-refractivity contribution < 1.29 is 9.32 Å². The summed E-state index contributed by atoms with van der Waals surface area (Å²) in [5, 5.41) is 9.88. The van der Waals surface area contributed by atoms with Crippen LogP contribution in [-0.4, -0.2) is 23.1 Å². The number of anilines is 1. The van der Waals surface area contributed by atoms with Crippen LogP contribution < -0.4 is 10.6 Å². The van der Waals surface area contributed by atoms with Crippen LogP contribution in [0.15, 0.2) is 28.8 Å². The maximum absolute atomic E-state index is 11.3. The summed E-state index contributed by atoms with van der Waals surface area (Å²) in [6.07, 6.45) is 0.383. The van der Waals surface area contributed by atoms with Crippen LogP contribution in [0.2, 0.25) is 0 Å². The fourth-order valence-electron chi connectivity index (χ4n) is 1.96. The van der Waals surface area contributed by atoms with Gasteiger partial charge in [-0.05, 0) is 24.6 Å². The molecule has 118 valence electrons. The van der Waals surface area contributed by atoms with E-state index in [9.17, 15) is 4.79 Å². The van der Waals surface area contributed by atoms with Gasteiger partial charge in [0, 0.05) is 18.7 Å². The summed E-state index contributed by atoms with van der Waals surface area (Å²) in [6.45, 7) is 6.02. The first kappa shape index (κ1) is 16.0. The Labute approximate surface area is 130 Å². The third-order valence-electron chi connectivity index (χ3n) is 3.32. The summed E-state index contributed by atoms with van der Waals surface area (Å²) in [4.78, 5) is 15.7. The number of hydrogen-bond donors (Lipinski definition) is 2. The molecule has 22 heavy (non-hydrogen) atoms. The van der Waals surface area contributed by atoms with E-state index in [0.717, 1.165) is 11.3 Å². The van der Waals surface area contributed by atoms with Gasteiger partial charge in [-0.3, -0.25) is 4.79 Å². The summed E-state index contributed by atoms with van der Waals surface area (Å²) in [5.74, 6) is 1.53. The molecule has 0 unspecified atom stereocenters. The minimum absolute atomic E-state index is 0.00107. The highest BCUT2D eigenvalue weighted by Crippen LogP contribution is 2.20. The Morgan fingerprint density at radius 1 is 1.23 bits per heavy atom. The van der Waals surface area contributed by atoms with Crippen molar-refractivity contribution in [3.63, 3.8) is 0 Å². The van der Waals surface area contributed by atoms with Crippen LogP contribution >= 0.6 is 0 Å². The van der Waals surface area contributed by atoms with E-state index in [0.29, 0.717) is 18.1 Å². The number of benzene rings is 1. The second kappa shape index (κ2) is 7.06. The molecule has 1 heterocycles. The molecule has 6 nitrogen and oxygen atoms in total. The average molecular weight is 302 g/mol. The SMILES string of the molecule is CNC(=O)Cc1ccc(N[C@H](C)c2nc(C(C)C)no2)cc1. The van der Waals surface area contributed by atoms with Crippen molar-refractivity contribution in [2.75, 3.05) is 12.4 Å². The Morgan fingerprint density at radius 3 is 2.45 bits per heavy atom. The molecule has 0 radical (unpaired) electrons. The number of hydrogen-bond acceptors (Lipinski definition) is 5. The Bertz CT molecular complexity index is 619. The molecule has 0 spiro atoms. The smallest absolute Gasteiger partial charge is 0.248 e. The van der Waals surface area contributed by atoms with Crippen LogP contribution in [0.25, 0.3) is 0 Å². The summed E-state index contributed by atoms with van der Waals surface area (Å²) in [5.41, 5.74) is 1.91. The lowest BCUT2D eigenvalue weighted by molar-refractivity contribution is -0.119. The zero-order valence-electron chi connectivity index (χ0n) is 13.4. The second-order valence-electron chi connectivity index (χ2n) is 5.56. The number of nitrogens with zero attached hydrogens (tertiary/aromatic N) is 2. The zero-order chi connectivity index (χ0) is 16.1. The molecule has 0 fully saturated rings. The number of nitrogens with one attached hydrogen (secondary N) is 2. The van der Waals surface area contributed by atoms with Gasteiger partial charge in [0.1, 0.15) is 6.04 Å². The van der Waals surface area contributed by atoms with Crippen LogP contribution in [-0.2, 0) is 11.2 Å². The Hall–Kier alpha value is -2.37. The van der Waals surface area contributed by atoms with Crippen LogP contribution in [0.1, 0.15) is 50.0 Å². The number of aromatic nitrogens is 2. The molecule has 0 aliphatic rings. The zero-order valence-corrected chi connectivity index (χ0v) is 13.4. The highest BCUT2D eigenvalue weighted by atomic mass is 16.5. The van der Waals surface area contributed by atoms with Crippen molar-refractivity contribution in [1.82, 2.24) is 15.5 Å². The molecular weight excluding hydrogens is 280 g/mol. The van der Waals surface area contributed by atoms with Gasteiger partial charge in [-0.25, -0.2) is 0 Å². The van der Waals surface area contributed by atoms with E-state index in [-0.39, 0.29) is 17.9 Å². The van der Waals surface area contributed by atoms with Gasteiger partial charge >= 0.3 is 0 Å². The van der Waals surface area contributed by atoms with E-state index < -0.39 is 0 Å². The van der Waals surface area contributed by atoms with Gasteiger partial charge in [-0.15, -0.1) is 0 Å². The van der Waals surface area contributed by atoms with E-state index in [2.05, 4.69) is 20.8 Å². The highest BCUT2D eigenvalue weighted by Gasteiger charge is 2.15. The molecule has 0 saturated heterocycles. The first-order valence-electron chi connectivity index (χ1n) is 7.39. The van der Waals surface area contributed by atoms with Gasteiger partial charge in [0.05, 0.1) is 6.42 Å². The van der Waals surface area contributed by atoms with Crippen molar-refractivity contribution in [1.29, 1.82) is 0 Å². The van der Waals surface area contributed by atoms with Gasteiger partial charge in [0.2, 0.25) is 11.8 Å².